The molecule has 2 aromatic carbocycles. The number of amides is 1. The number of carbonyl (C=O) groups excluding carboxylic acids is 1. The molecule has 1 amide bonds. The van der Waals surface area contributed by atoms with E-state index in [1.165, 1.54) is 11.8 Å². The van der Waals surface area contributed by atoms with Crippen LogP contribution in [0.25, 0.3) is 11.6 Å². The fourth-order valence-electron chi connectivity index (χ4n) is 3.99. The lowest BCUT2D eigenvalue weighted by Crippen LogP contribution is -2.49. The summed E-state index contributed by atoms with van der Waals surface area (Å²) in [6.45, 7) is 3.43. The van der Waals surface area contributed by atoms with Gasteiger partial charge >= 0.3 is 0 Å². The van der Waals surface area contributed by atoms with E-state index in [1.807, 2.05) is 51.9 Å². The van der Waals surface area contributed by atoms with Gasteiger partial charge in [0, 0.05) is 31.9 Å². The number of phenols is 1. The van der Waals surface area contributed by atoms with Crippen LogP contribution in [0.15, 0.2) is 82.6 Å². The number of hydrogen-bond donors (Lipinski definition) is 1. The van der Waals surface area contributed by atoms with Crippen molar-refractivity contribution < 1.29 is 14.3 Å². The highest BCUT2D eigenvalue weighted by Crippen LogP contribution is 2.26. The van der Waals surface area contributed by atoms with Crippen molar-refractivity contribution in [1.29, 1.82) is 0 Å². The van der Waals surface area contributed by atoms with Crippen LogP contribution < -0.4 is 4.90 Å². The maximum atomic E-state index is 12.9. The van der Waals surface area contributed by atoms with Crippen molar-refractivity contribution in [3.8, 4) is 17.3 Å². The number of anilines is 1. The van der Waals surface area contributed by atoms with Gasteiger partial charge in [0.1, 0.15) is 5.75 Å². The Morgan fingerprint density at radius 1 is 0.941 bits per heavy atom. The summed E-state index contributed by atoms with van der Waals surface area (Å²) < 4.78 is 7.55. The minimum atomic E-state index is 0.0872. The highest BCUT2D eigenvalue weighted by Gasteiger charge is 2.23. The van der Waals surface area contributed by atoms with E-state index in [4.69, 9.17) is 4.42 Å². The van der Waals surface area contributed by atoms with Crippen molar-refractivity contribution in [3.63, 3.8) is 0 Å². The lowest BCUT2D eigenvalue weighted by molar-refractivity contribution is -0.128. The molecule has 174 valence electrons. The molecule has 0 saturated carbocycles. The van der Waals surface area contributed by atoms with Crippen LogP contribution in [-0.2, 0) is 11.3 Å². The van der Waals surface area contributed by atoms with Gasteiger partial charge in [-0.2, -0.15) is 0 Å². The Morgan fingerprint density at radius 3 is 2.41 bits per heavy atom. The Hall–Kier alpha value is -3.72. The summed E-state index contributed by atoms with van der Waals surface area (Å²) in [5, 5.41) is 18.9. The SMILES string of the molecule is O=C(CSc1nnc(-c2ccco2)n1Cc1ccccc1)N1CCN(c2ccc(O)cc2)CC1. The Balaban J connectivity index is 1.23. The van der Waals surface area contributed by atoms with Gasteiger partial charge in [-0.1, -0.05) is 42.1 Å². The normalized spacial score (nSPS) is 13.9. The van der Waals surface area contributed by atoms with Crippen molar-refractivity contribution >= 4 is 23.4 Å². The zero-order valence-electron chi connectivity index (χ0n) is 18.6. The van der Waals surface area contributed by atoms with Gasteiger partial charge in [-0.05, 0) is 42.0 Å². The maximum absolute atomic E-state index is 12.9. The van der Waals surface area contributed by atoms with Gasteiger partial charge < -0.3 is 19.3 Å². The van der Waals surface area contributed by atoms with Gasteiger partial charge in [0.15, 0.2) is 10.9 Å². The highest BCUT2D eigenvalue weighted by atomic mass is 32.2. The summed E-state index contributed by atoms with van der Waals surface area (Å²) in [5.41, 5.74) is 2.17. The van der Waals surface area contributed by atoms with Gasteiger partial charge in [-0.15, -0.1) is 10.2 Å². The predicted molar refractivity (Wildman–Crippen MR) is 131 cm³/mol. The molecule has 0 radical (unpaired) electrons. The lowest BCUT2D eigenvalue weighted by Gasteiger charge is -2.36. The molecular formula is C25H25N5O3S. The molecular weight excluding hydrogens is 450 g/mol. The average Bonchev–Trinajstić information content (AvgIpc) is 3.54. The van der Waals surface area contributed by atoms with Crippen LogP contribution in [0.2, 0.25) is 0 Å². The Labute approximate surface area is 201 Å². The summed E-state index contributed by atoms with van der Waals surface area (Å²) >= 11 is 1.40. The number of thioether (sulfide) groups is 1. The first kappa shape index (κ1) is 22.1. The quantitative estimate of drug-likeness (QED) is 0.408. The third-order valence-electron chi connectivity index (χ3n) is 5.81. The first-order valence-electron chi connectivity index (χ1n) is 11.1. The summed E-state index contributed by atoms with van der Waals surface area (Å²) in [6.07, 6.45) is 1.62. The molecule has 9 heteroatoms. The van der Waals surface area contributed by atoms with E-state index in [-0.39, 0.29) is 11.7 Å². The molecule has 2 aromatic heterocycles. The van der Waals surface area contributed by atoms with Crippen LogP contribution in [0, 0.1) is 0 Å². The maximum Gasteiger partial charge on any atom is 0.233 e. The van der Waals surface area contributed by atoms with E-state index in [1.54, 1.807) is 18.4 Å². The van der Waals surface area contributed by atoms with Crippen LogP contribution in [0.4, 0.5) is 5.69 Å². The van der Waals surface area contributed by atoms with Crippen molar-refractivity contribution in [2.24, 2.45) is 0 Å². The number of piperazine rings is 1. The van der Waals surface area contributed by atoms with E-state index in [0.29, 0.717) is 42.1 Å². The number of rotatable bonds is 7. The molecule has 1 fully saturated rings. The minimum absolute atomic E-state index is 0.0872. The zero-order valence-corrected chi connectivity index (χ0v) is 19.4. The number of aromatic nitrogens is 3. The molecule has 0 bridgehead atoms. The van der Waals surface area contributed by atoms with Crippen molar-refractivity contribution in [3.05, 3.63) is 78.6 Å². The number of carbonyl (C=O) groups is 1. The first-order valence-corrected chi connectivity index (χ1v) is 12.1. The monoisotopic (exact) mass is 475 g/mol. The molecule has 0 spiro atoms. The van der Waals surface area contributed by atoms with Gasteiger partial charge in [0.2, 0.25) is 11.7 Å². The van der Waals surface area contributed by atoms with Crippen LogP contribution in [0.1, 0.15) is 5.56 Å². The van der Waals surface area contributed by atoms with Gasteiger partial charge in [0.05, 0.1) is 18.6 Å². The highest BCUT2D eigenvalue weighted by molar-refractivity contribution is 7.99. The van der Waals surface area contributed by atoms with Crippen LogP contribution in [0.3, 0.4) is 0 Å². The van der Waals surface area contributed by atoms with Gasteiger partial charge in [-0.25, -0.2) is 0 Å². The Bertz CT molecular complexity index is 1220. The molecule has 1 aliphatic rings. The zero-order chi connectivity index (χ0) is 23.3. The van der Waals surface area contributed by atoms with Crippen LogP contribution in [0.5, 0.6) is 5.75 Å². The first-order chi connectivity index (χ1) is 16.7. The molecule has 5 rings (SSSR count). The van der Waals surface area contributed by atoms with Crippen LogP contribution >= 0.6 is 11.8 Å². The standard InChI is InChI=1S/C25H25N5O3S/c31-21-10-8-20(9-11-21)28-12-14-29(15-13-28)23(32)18-34-25-27-26-24(22-7-4-16-33-22)30(25)17-19-5-2-1-3-6-19/h1-11,16,31H,12-15,17-18H2. The number of aromatic hydroxyl groups is 1. The number of hydrogen-bond acceptors (Lipinski definition) is 7. The summed E-state index contributed by atoms with van der Waals surface area (Å²) in [5.74, 6) is 1.93. The fourth-order valence-corrected chi connectivity index (χ4v) is 4.83. The molecule has 8 nitrogen and oxygen atoms in total. The molecule has 0 unspecified atom stereocenters. The number of benzene rings is 2. The van der Waals surface area contributed by atoms with Crippen LogP contribution in [-0.4, -0.2) is 62.6 Å². The molecule has 0 atom stereocenters. The molecule has 0 aliphatic carbocycles. The van der Waals surface area contributed by atoms with E-state index >= 15 is 0 Å². The fraction of sp³-hybridized carbons (Fsp3) is 0.240. The average molecular weight is 476 g/mol. The van der Waals surface area contributed by atoms with Gasteiger partial charge in [-0.3, -0.25) is 9.36 Å². The van der Waals surface area contributed by atoms with E-state index in [9.17, 15) is 9.90 Å². The second-order valence-corrected chi connectivity index (χ2v) is 8.97. The minimum Gasteiger partial charge on any atom is -0.508 e. The third kappa shape index (κ3) is 4.94. The van der Waals surface area contributed by atoms with E-state index in [0.717, 1.165) is 24.3 Å². The van der Waals surface area contributed by atoms with Crippen molar-refractivity contribution in [1.82, 2.24) is 19.7 Å². The predicted octanol–water partition coefficient (Wildman–Crippen LogP) is 3.73. The molecule has 3 heterocycles. The topological polar surface area (TPSA) is 87.6 Å². The van der Waals surface area contributed by atoms with Crippen molar-refractivity contribution in [2.45, 2.75) is 11.7 Å². The molecule has 34 heavy (non-hydrogen) atoms. The van der Waals surface area contributed by atoms with Gasteiger partial charge in [0.25, 0.3) is 0 Å². The van der Waals surface area contributed by atoms with Crippen molar-refractivity contribution in [2.75, 3.05) is 36.8 Å². The van der Waals surface area contributed by atoms with E-state index < -0.39 is 0 Å². The lowest BCUT2D eigenvalue weighted by atomic mass is 10.2. The number of phenolic OH excluding ortho intramolecular Hbond substituents is 1. The third-order valence-corrected chi connectivity index (χ3v) is 6.77. The molecule has 4 aromatic rings. The number of furan rings is 1. The Kier molecular flexibility index (Phi) is 6.53. The molecule has 1 N–H and O–H groups in total. The largest absolute Gasteiger partial charge is 0.508 e. The molecule has 1 saturated heterocycles. The summed E-state index contributed by atoms with van der Waals surface area (Å²) in [7, 11) is 0. The van der Waals surface area contributed by atoms with E-state index in [2.05, 4.69) is 27.2 Å². The summed E-state index contributed by atoms with van der Waals surface area (Å²) in [6, 6.07) is 21.0. The summed E-state index contributed by atoms with van der Waals surface area (Å²) in [4.78, 5) is 17.1. The molecule has 1 aliphatic heterocycles. The smallest absolute Gasteiger partial charge is 0.233 e. The Morgan fingerprint density at radius 2 is 1.71 bits per heavy atom. The second kappa shape index (κ2) is 10.0. The number of nitrogens with zero attached hydrogens (tertiary/aromatic N) is 5. The second-order valence-electron chi connectivity index (χ2n) is 8.03.